The van der Waals surface area contributed by atoms with Crippen molar-refractivity contribution in [3.63, 3.8) is 0 Å². The summed E-state index contributed by atoms with van der Waals surface area (Å²) >= 11 is 0. The van der Waals surface area contributed by atoms with Crippen molar-refractivity contribution in [2.45, 2.75) is 19.9 Å². The molecule has 1 heterocycles. The summed E-state index contributed by atoms with van der Waals surface area (Å²) in [7, 11) is 0. The molecule has 1 N–H and O–H groups in total. The van der Waals surface area contributed by atoms with Gasteiger partial charge >= 0.3 is 0 Å². The van der Waals surface area contributed by atoms with Crippen molar-refractivity contribution in [2.24, 2.45) is 5.92 Å². The third kappa shape index (κ3) is 2.35. The summed E-state index contributed by atoms with van der Waals surface area (Å²) in [6.07, 6.45) is 0. The molecule has 7 heteroatoms. The van der Waals surface area contributed by atoms with Gasteiger partial charge in [-0.15, -0.1) is 0 Å². The van der Waals surface area contributed by atoms with Gasteiger partial charge in [-0.25, -0.2) is 13.2 Å². The summed E-state index contributed by atoms with van der Waals surface area (Å²) in [6, 6.07) is 0.0918. The van der Waals surface area contributed by atoms with Crippen LogP contribution >= 0.6 is 0 Å². The van der Waals surface area contributed by atoms with Crippen LogP contribution in [0.2, 0.25) is 0 Å². The summed E-state index contributed by atoms with van der Waals surface area (Å²) in [6.45, 7) is 2.98. The quantitative estimate of drug-likeness (QED) is 0.839. The first-order valence-corrected chi connectivity index (χ1v) is 6.07. The van der Waals surface area contributed by atoms with Crippen LogP contribution in [-0.2, 0) is 9.59 Å². The Hall–Kier alpha value is -2.05. The van der Waals surface area contributed by atoms with Crippen LogP contribution in [0, 0.1) is 23.4 Å². The highest BCUT2D eigenvalue weighted by atomic mass is 19.2. The number of benzene rings is 1. The van der Waals surface area contributed by atoms with Gasteiger partial charge in [-0.1, -0.05) is 13.8 Å². The second kappa shape index (κ2) is 5.15. The van der Waals surface area contributed by atoms with E-state index in [1.165, 1.54) is 0 Å². The molecule has 2 amide bonds. The number of piperazine rings is 1. The lowest BCUT2D eigenvalue weighted by atomic mass is 9.98. The smallest absolute Gasteiger partial charge is 0.247 e. The molecule has 4 nitrogen and oxygen atoms in total. The van der Waals surface area contributed by atoms with E-state index in [1.807, 2.05) is 0 Å². The fourth-order valence-corrected chi connectivity index (χ4v) is 2.23. The Balaban J connectivity index is 2.57. The van der Waals surface area contributed by atoms with Crippen LogP contribution in [0.5, 0.6) is 0 Å². The Kier molecular flexibility index (Phi) is 3.69. The van der Waals surface area contributed by atoms with Gasteiger partial charge < -0.3 is 5.32 Å². The number of hydrogen-bond acceptors (Lipinski definition) is 2. The number of amides is 2. The molecule has 0 aliphatic carbocycles. The molecule has 108 valence electrons. The third-order valence-corrected chi connectivity index (χ3v) is 3.09. The number of nitrogens with one attached hydrogen (secondary N) is 1. The number of anilines is 1. The van der Waals surface area contributed by atoms with E-state index in [1.54, 1.807) is 13.8 Å². The molecule has 1 saturated heterocycles. The molecule has 20 heavy (non-hydrogen) atoms. The van der Waals surface area contributed by atoms with Crippen molar-refractivity contribution in [1.29, 1.82) is 0 Å². The number of nitrogens with zero attached hydrogens (tertiary/aromatic N) is 1. The zero-order chi connectivity index (χ0) is 15.0. The molecule has 1 unspecified atom stereocenters. The Morgan fingerprint density at radius 3 is 2.50 bits per heavy atom. The van der Waals surface area contributed by atoms with E-state index < -0.39 is 41.0 Å². The summed E-state index contributed by atoms with van der Waals surface area (Å²) in [5, 5.41) is 2.37. The molecule has 1 aliphatic heterocycles. The highest BCUT2D eigenvalue weighted by molar-refractivity contribution is 6.06. The van der Waals surface area contributed by atoms with Crippen LogP contribution in [0.25, 0.3) is 0 Å². The summed E-state index contributed by atoms with van der Waals surface area (Å²) < 4.78 is 40.4. The standard InChI is InChI=1S/C13H13F3N2O2/c1-6(2)12-13(20)17-5-10(19)18(12)9-4-7(14)3-8(15)11(9)16/h3-4,6,12H,5H2,1-2H3,(H,17,20). The van der Waals surface area contributed by atoms with Crippen molar-refractivity contribution in [1.82, 2.24) is 5.32 Å². The molecule has 0 bridgehead atoms. The Bertz CT molecular complexity index is 575. The lowest BCUT2D eigenvalue weighted by Gasteiger charge is -2.37. The number of carbonyl (C=O) groups excluding carboxylic acids is 2. The van der Waals surface area contributed by atoms with Gasteiger partial charge in [0.15, 0.2) is 11.6 Å². The maximum Gasteiger partial charge on any atom is 0.247 e. The first kappa shape index (κ1) is 14.4. The maximum absolute atomic E-state index is 13.8. The van der Waals surface area contributed by atoms with Gasteiger partial charge in [0.25, 0.3) is 0 Å². The molecule has 0 saturated carbocycles. The molecule has 0 radical (unpaired) electrons. The average Bonchev–Trinajstić information content (AvgIpc) is 2.36. The van der Waals surface area contributed by atoms with Crippen molar-refractivity contribution in [2.75, 3.05) is 11.4 Å². The van der Waals surface area contributed by atoms with E-state index >= 15 is 0 Å². The molecule has 0 spiro atoms. The number of hydrogen-bond donors (Lipinski definition) is 1. The molecule has 1 aromatic rings. The number of halogens is 3. The molecule has 0 aromatic heterocycles. The Morgan fingerprint density at radius 2 is 1.90 bits per heavy atom. The van der Waals surface area contributed by atoms with Crippen LogP contribution in [-0.4, -0.2) is 24.4 Å². The summed E-state index contributed by atoms with van der Waals surface area (Å²) in [5.74, 6) is -5.21. The second-order valence-electron chi connectivity index (χ2n) is 4.89. The van der Waals surface area contributed by atoms with Crippen molar-refractivity contribution < 1.29 is 22.8 Å². The average molecular weight is 286 g/mol. The largest absolute Gasteiger partial charge is 0.345 e. The number of rotatable bonds is 2. The minimum absolute atomic E-state index is 0.334. The van der Waals surface area contributed by atoms with E-state index in [9.17, 15) is 22.8 Å². The van der Waals surface area contributed by atoms with Gasteiger partial charge in [0.1, 0.15) is 11.9 Å². The lowest BCUT2D eigenvalue weighted by molar-refractivity contribution is -0.131. The molecule has 1 aliphatic rings. The topological polar surface area (TPSA) is 49.4 Å². The van der Waals surface area contributed by atoms with Crippen molar-refractivity contribution >= 4 is 17.5 Å². The first-order valence-electron chi connectivity index (χ1n) is 6.07. The van der Waals surface area contributed by atoms with Gasteiger partial charge in [0.2, 0.25) is 11.8 Å². The highest BCUT2D eigenvalue weighted by Gasteiger charge is 2.39. The number of carbonyl (C=O) groups is 2. The predicted molar refractivity (Wildman–Crippen MR) is 65.4 cm³/mol. The van der Waals surface area contributed by atoms with E-state index in [0.29, 0.717) is 12.1 Å². The van der Waals surface area contributed by atoms with E-state index in [4.69, 9.17) is 0 Å². The zero-order valence-corrected chi connectivity index (χ0v) is 10.9. The molecular formula is C13H13F3N2O2. The van der Waals surface area contributed by atoms with Crippen LogP contribution in [0.4, 0.5) is 18.9 Å². The molecule has 1 atom stereocenters. The normalized spacial score (nSPS) is 19.5. The Morgan fingerprint density at radius 1 is 1.25 bits per heavy atom. The van der Waals surface area contributed by atoms with Gasteiger partial charge in [0, 0.05) is 12.1 Å². The highest BCUT2D eigenvalue weighted by Crippen LogP contribution is 2.28. The minimum Gasteiger partial charge on any atom is -0.345 e. The lowest BCUT2D eigenvalue weighted by Crippen LogP contribution is -2.60. The minimum atomic E-state index is -1.40. The predicted octanol–water partition coefficient (Wildman–Crippen LogP) is 1.59. The Labute approximate surface area is 113 Å². The molecule has 1 aromatic carbocycles. The van der Waals surface area contributed by atoms with E-state index in [-0.39, 0.29) is 12.5 Å². The maximum atomic E-state index is 13.8. The molecular weight excluding hydrogens is 273 g/mol. The van der Waals surface area contributed by atoms with Crippen LogP contribution in [0.15, 0.2) is 12.1 Å². The summed E-state index contributed by atoms with van der Waals surface area (Å²) in [5.41, 5.74) is -0.555. The van der Waals surface area contributed by atoms with Gasteiger partial charge in [-0.05, 0) is 5.92 Å². The van der Waals surface area contributed by atoms with E-state index in [2.05, 4.69) is 5.32 Å². The van der Waals surface area contributed by atoms with Gasteiger partial charge in [0.05, 0.1) is 12.2 Å². The van der Waals surface area contributed by atoms with Gasteiger partial charge in [-0.2, -0.15) is 0 Å². The van der Waals surface area contributed by atoms with Crippen molar-refractivity contribution in [3.8, 4) is 0 Å². The van der Waals surface area contributed by atoms with Gasteiger partial charge in [-0.3, -0.25) is 14.5 Å². The first-order chi connectivity index (χ1) is 9.32. The van der Waals surface area contributed by atoms with E-state index in [0.717, 1.165) is 4.90 Å². The van der Waals surface area contributed by atoms with Crippen LogP contribution in [0.1, 0.15) is 13.8 Å². The van der Waals surface area contributed by atoms with Crippen LogP contribution < -0.4 is 10.2 Å². The second-order valence-corrected chi connectivity index (χ2v) is 4.89. The fourth-order valence-electron chi connectivity index (χ4n) is 2.23. The molecule has 2 rings (SSSR count). The fraction of sp³-hybridized carbons (Fsp3) is 0.385. The summed E-state index contributed by atoms with van der Waals surface area (Å²) in [4.78, 5) is 24.6. The molecule has 1 fully saturated rings. The third-order valence-electron chi connectivity index (χ3n) is 3.09. The SMILES string of the molecule is CC(C)C1C(=O)NCC(=O)N1c1cc(F)cc(F)c1F. The van der Waals surface area contributed by atoms with Crippen molar-refractivity contribution in [3.05, 3.63) is 29.6 Å². The monoisotopic (exact) mass is 286 g/mol. The van der Waals surface area contributed by atoms with Crippen LogP contribution in [0.3, 0.4) is 0 Å². The zero-order valence-electron chi connectivity index (χ0n) is 10.9.